The van der Waals surface area contributed by atoms with Gasteiger partial charge in [-0.2, -0.15) is 0 Å². The highest BCUT2D eigenvalue weighted by Crippen LogP contribution is 2.36. The SMILES string of the molecule is CC(C)(C)c1ccc(C2CCCN2C(=O)C2CCC(N)C2)cc1.Cl. The number of hydrogen-bond acceptors (Lipinski definition) is 2. The fourth-order valence-corrected chi connectivity index (χ4v) is 4.06. The Bertz CT molecular complexity index is 564. The van der Waals surface area contributed by atoms with E-state index in [0.717, 1.165) is 38.6 Å². The predicted molar refractivity (Wildman–Crippen MR) is 101 cm³/mol. The molecule has 1 aliphatic heterocycles. The molecule has 1 aliphatic carbocycles. The van der Waals surface area contributed by atoms with E-state index in [9.17, 15) is 4.79 Å². The number of carbonyl (C=O) groups excluding carboxylic acids is 1. The van der Waals surface area contributed by atoms with Gasteiger partial charge in [0.05, 0.1) is 6.04 Å². The minimum atomic E-state index is 0. The van der Waals surface area contributed by atoms with Crippen molar-refractivity contribution in [3.05, 3.63) is 35.4 Å². The Morgan fingerprint density at radius 2 is 1.79 bits per heavy atom. The molecule has 1 heterocycles. The van der Waals surface area contributed by atoms with E-state index < -0.39 is 0 Å². The van der Waals surface area contributed by atoms with Gasteiger partial charge < -0.3 is 10.6 Å². The minimum absolute atomic E-state index is 0. The van der Waals surface area contributed by atoms with Crippen LogP contribution in [0, 0.1) is 5.92 Å². The first-order chi connectivity index (χ1) is 10.9. The maximum atomic E-state index is 12.9. The topological polar surface area (TPSA) is 46.3 Å². The highest BCUT2D eigenvalue weighted by molar-refractivity contribution is 5.85. The number of benzene rings is 1. The molecule has 1 aromatic carbocycles. The molecule has 3 rings (SSSR count). The first kappa shape index (κ1) is 19.3. The predicted octanol–water partition coefficient (Wildman–Crippen LogP) is 4.20. The van der Waals surface area contributed by atoms with Gasteiger partial charge in [0.15, 0.2) is 0 Å². The number of carbonyl (C=O) groups is 1. The molecule has 3 atom stereocenters. The molecule has 1 saturated carbocycles. The second-order valence-corrected chi connectivity index (χ2v) is 8.33. The highest BCUT2D eigenvalue weighted by atomic mass is 35.5. The van der Waals surface area contributed by atoms with E-state index in [0.29, 0.717) is 5.91 Å². The van der Waals surface area contributed by atoms with Crippen LogP contribution in [0.25, 0.3) is 0 Å². The smallest absolute Gasteiger partial charge is 0.226 e. The molecule has 0 radical (unpaired) electrons. The summed E-state index contributed by atoms with van der Waals surface area (Å²) in [4.78, 5) is 15.0. The fourth-order valence-electron chi connectivity index (χ4n) is 4.06. The Morgan fingerprint density at radius 1 is 1.12 bits per heavy atom. The van der Waals surface area contributed by atoms with Gasteiger partial charge in [-0.15, -0.1) is 12.4 Å². The Labute approximate surface area is 152 Å². The molecule has 1 aromatic rings. The molecule has 2 N–H and O–H groups in total. The van der Waals surface area contributed by atoms with Gasteiger partial charge in [-0.05, 0) is 48.6 Å². The molecule has 0 aromatic heterocycles. The van der Waals surface area contributed by atoms with E-state index in [1.54, 1.807) is 0 Å². The van der Waals surface area contributed by atoms with Crippen molar-refractivity contribution in [2.45, 2.75) is 70.4 Å². The van der Waals surface area contributed by atoms with E-state index >= 15 is 0 Å². The van der Waals surface area contributed by atoms with E-state index in [4.69, 9.17) is 5.73 Å². The number of nitrogens with two attached hydrogens (primary N) is 1. The van der Waals surface area contributed by atoms with Crippen molar-refractivity contribution in [3.63, 3.8) is 0 Å². The summed E-state index contributed by atoms with van der Waals surface area (Å²) in [5, 5.41) is 0. The van der Waals surface area contributed by atoms with Gasteiger partial charge in [0.2, 0.25) is 5.91 Å². The lowest BCUT2D eigenvalue weighted by atomic mass is 9.86. The number of hydrogen-bond donors (Lipinski definition) is 1. The summed E-state index contributed by atoms with van der Waals surface area (Å²) in [6, 6.07) is 9.36. The van der Waals surface area contributed by atoms with Crippen LogP contribution in [0.3, 0.4) is 0 Å². The summed E-state index contributed by atoms with van der Waals surface area (Å²) in [5.74, 6) is 0.486. The van der Waals surface area contributed by atoms with Gasteiger partial charge in [0.25, 0.3) is 0 Å². The van der Waals surface area contributed by atoms with Gasteiger partial charge in [-0.25, -0.2) is 0 Å². The monoisotopic (exact) mass is 350 g/mol. The summed E-state index contributed by atoms with van der Waals surface area (Å²) in [6.45, 7) is 7.60. The minimum Gasteiger partial charge on any atom is -0.335 e. The molecule has 0 spiro atoms. The van der Waals surface area contributed by atoms with Gasteiger partial charge in [0.1, 0.15) is 0 Å². The molecule has 4 heteroatoms. The summed E-state index contributed by atoms with van der Waals surface area (Å²) in [6.07, 6.45) is 5.02. The first-order valence-electron chi connectivity index (χ1n) is 9.03. The third-order valence-corrected chi connectivity index (χ3v) is 5.52. The average molecular weight is 351 g/mol. The first-order valence-corrected chi connectivity index (χ1v) is 9.03. The van der Waals surface area contributed by atoms with Crippen LogP contribution in [-0.4, -0.2) is 23.4 Å². The lowest BCUT2D eigenvalue weighted by molar-refractivity contribution is -0.136. The van der Waals surface area contributed by atoms with Crippen molar-refractivity contribution >= 4 is 18.3 Å². The standard InChI is InChI=1S/C20H30N2O.ClH/c1-20(2,3)16-9-6-14(7-10-16)18-5-4-12-22(18)19(23)15-8-11-17(21)13-15;/h6-7,9-10,15,17-18H,4-5,8,11-13,21H2,1-3H3;1H. The summed E-state index contributed by atoms with van der Waals surface area (Å²) >= 11 is 0. The second kappa shape index (κ2) is 7.45. The average Bonchev–Trinajstić information content (AvgIpc) is 3.14. The number of halogens is 1. The second-order valence-electron chi connectivity index (χ2n) is 8.33. The lowest BCUT2D eigenvalue weighted by Gasteiger charge is -2.28. The molecule has 3 nitrogen and oxygen atoms in total. The van der Waals surface area contributed by atoms with Crippen molar-refractivity contribution in [1.29, 1.82) is 0 Å². The summed E-state index contributed by atoms with van der Waals surface area (Å²) in [5.41, 5.74) is 8.79. The van der Waals surface area contributed by atoms with Crippen LogP contribution in [0.4, 0.5) is 0 Å². The third-order valence-electron chi connectivity index (χ3n) is 5.52. The van der Waals surface area contributed by atoms with Crippen LogP contribution in [-0.2, 0) is 10.2 Å². The Kier molecular flexibility index (Phi) is 5.98. The molecular formula is C20H31ClN2O. The Morgan fingerprint density at radius 3 is 2.33 bits per heavy atom. The van der Waals surface area contributed by atoms with E-state index in [1.165, 1.54) is 11.1 Å². The molecule has 2 aliphatic rings. The van der Waals surface area contributed by atoms with Gasteiger partial charge >= 0.3 is 0 Å². The summed E-state index contributed by atoms with van der Waals surface area (Å²) < 4.78 is 0. The Hall–Kier alpha value is -1.06. The number of amides is 1. The van der Waals surface area contributed by atoms with Crippen LogP contribution in [0.2, 0.25) is 0 Å². The maximum Gasteiger partial charge on any atom is 0.226 e. The summed E-state index contributed by atoms with van der Waals surface area (Å²) in [7, 11) is 0. The molecule has 0 bridgehead atoms. The van der Waals surface area contributed by atoms with Gasteiger partial charge in [0, 0.05) is 18.5 Å². The molecule has 2 fully saturated rings. The zero-order chi connectivity index (χ0) is 16.6. The van der Waals surface area contributed by atoms with E-state index in [2.05, 4.69) is 49.9 Å². The zero-order valence-electron chi connectivity index (χ0n) is 15.1. The molecule has 1 amide bonds. The van der Waals surface area contributed by atoms with Crippen LogP contribution in [0.1, 0.15) is 70.0 Å². The quantitative estimate of drug-likeness (QED) is 0.868. The number of rotatable bonds is 2. The lowest BCUT2D eigenvalue weighted by Crippen LogP contribution is -2.35. The largest absolute Gasteiger partial charge is 0.335 e. The van der Waals surface area contributed by atoms with Crippen LogP contribution >= 0.6 is 12.4 Å². The van der Waals surface area contributed by atoms with Crippen LogP contribution in [0.5, 0.6) is 0 Å². The third kappa shape index (κ3) is 3.94. The zero-order valence-corrected chi connectivity index (χ0v) is 15.9. The Balaban J connectivity index is 0.00000208. The maximum absolute atomic E-state index is 12.9. The normalized spacial score (nSPS) is 27.2. The fraction of sp³-hybridized carbons (Fsp3) is 0.650. The van der Waals surface area contributed by atoms with Crippen molar-refractivity contribution in [2.75, 3.05) is 6.54 Å². The molecule has 134 valence electrons. The van der Waals surface area contributed by atoms with Crippen molar-refractivity contribution < 1.29 is 4.79 Å². The molecule has 1 saturated heterocycles. The number of nitrogens with zero attached hydrogens (tertiary/aromatic N) is 1. The van der Waals surface area contributed by atoms with Crippen LogP contribution < -0.4 is 5.73 Å². The van der Waals surface area contributed by atoms with Gasteiger partial charge in [-0.3, -0.25) is 4.79 Å². The molecule has 24 heavy (non-hydrogen) atoms. The van der Waals surface area contributed by atoms with Crippen molar-refractivity contribution in [1.82, 2.24) is 4.90 Å². The van der Waals surface area contributed by atoms with Gasteiger partial charge in [-0.1, -0.05) is 45.0 Å². The number of likely N-dealkylation sites (tertiary alicyclic amines) is 1. The van der Waals surface area contributed by atoms with Crippen LogP contribution in [0.15, 0.2) is 24.3 Å². The highest BCUT2D eigenvalue weighted by Gasteiger charge is 2.36. The van der Waals surface area contributed by atoms with E-state index in [1.807, 2.05) is 0 Å². The van der Waals surface area contributed by atoms with Crippen molar-refractivity contribution in [2.24, 2.45) is 11.7 Å². The molecular weight excluding hydrogens is 320 g/mol. The van der Waals surface area contributed by atoms with Crippen molar-refractivity contribution in [3.8, 4) is 0 Å². The molecule has 3 unspecified atom stereocenters. The van der Waals surface area contributed by atoms with E-state index in [-0.39, 0.29) is 35.8 Å².